The minimum atomic E-state index is 0.347. The first-order valence-corrected chi connectivity index (χ1v) is 6.74. The first-order chi connectivity index (χ1) is 8.93. The Morgan fingerprint density at radius 2 is 2.06 bits per heavy atom. The van der Waals surface area contributed by atoms with Crippen molar-refractivity contribution < 1.29 is 9.47 Å². The number of nitrogens with zero attached hydrogens (tertiary/aromatic N) is 1. The predicted molar refractivity (Wildman–Crippen MR) is 69.9 cm³/mol. The normalized spacial score (nSPS) is 18.4. The highest BCUT2D eigenvalue weighted by atomic mass is 16.7. The van der Waals surface area contributed by atoms with E-state index in [1.807, 2.05) is 12.1 Å². The molecule has 2 aliphatic heterocycles. The molecule has 0 aliphatic carbocycles. The maximum absolute atomic E-state index is 5.49. The number of benzene rings is 1. The van der Waals surface area contributed by atoms with Crippen LogP contribution in [0, 0.1) is 0 Å². The number of nitrogens with one attached hydrogen (secondary N) is 1. The number of hydrogen-bond donors (Lipinski definition) is 1. The van der Waals surface area contributed by atoms with Crippen molar-refractivity contribution in [1.82, 2.24) is 10.2 Å². The lowest BCUT2D eigenvalue weighted by molar-refractivity contribution is 0.173. The third-order valence-corrected chi connectivity index (χ3v) is 3.60. The van der Waals surface area contributed by atoms with Gasteiger partial charge in [0.05, 0.1) is 0 Å². The van der Waals surface area contributed by atoms with E-state index in [1.165, 1.54) is 31.5 Å². The first kappa shape index (κ1) is 11.8. The fraction of sp³-hybridized carbons (Fsp3) is 0.571. The lowest BCUT2D eigenvalue weighted by Gasteiger charge is -2.15. The van der Waals surface area contributed by atoms with E-state index in [9.17, 15) is 0 Å². The Bertz CT molecular complexity index is 403. The van der Waals surface area contributed by atoms with Gasteiger partial charge in [-0.15, -0.1) is 0 Å². The zero-order valence-corrected chi connectivity index (χ0v) is 10.7. The first-order valence-electron chi connectivity index (χ1n) is 6.74. The molecule has 2 heterocycles. The van der Waals surface area contributed by atoms with Crippen molar-refractivity contribution in [3.8, 4) is 11.5 Å². The average molecular weight is 248 g/mol. The van der Waals surface area contributed by atoms with Gasteiger partial charge in [-0.25, -0.2) is 0 Å². The summed E-state index contributed by atoms with van der Waals surface area (Å²) in [4.78, 5) is 2.52. The van der Waals surface area contributed by atoms with Gasteiger partial charge >= 0.3 is 0 Å². The van der Waals surface area contributed by atoms with E-state index < -0.39 is 0 Å². The summed E-state index contributed by atoms with van der Waals surface area (Å²) in [6, 6.07) is 6.07. The highest BCUT2D eigenvalue weighted by Crippen LogP contribution is 2.35. The van der Waals surface area contributed by atoms with Gasteiger partial charge in [0.2, 0.25) is 6.79 Å². The van der Waals surface area contributed by atoms with Gasteiger partial charge in [0.15, 0.2) is 11.5 Å². The Labute approximate surface area is 108 Å². The lowest BCUT2D eigenvalue weighted by atomic mass is 10.2. The van der Waals surface area contributed by atoms with Gasteiger partial charge in [-0.3, -0.25) is 0 Å². The largest absolute Gasteiger partial charge is 0.454 e. The van der Waals surface area contributed by atoms with Crippen molar-refractivity contribution in [2.75, 3.05) is 33.0 Å². The van der Waals surface area contributed by atoms with E-state index >= 15 is 0 Å². The molecular weight excluding hydrogens is 228 g/mol. The summed E-state index contributed by atoms with van der Waals surface area (Å²) in [5.41, 5.74) is 1.19. The van der Waals surface area contributed by atoms with Crippen LogP contribution in [0.4, 0.5) is 0 Å². The number of hydrogen-bond acceptors (Lipinski definition) is 4. The molecule has 2 aliphatic rings. The van der Waals surface area contributed by atoms with Crippen LogP contribution in [0.25, 0.3) is 0 Å². The fourth-order valence-electron chi connectivity index (χ4n) is 2.60. The number of likely N-dealkylation sites (tertiary alicyclic amines) is 1. The molecule has 0 spiro atoms. The van der Waals surface area contributed by atoms with Crippen LogP contribution in [-0.2, 0) is 6.54 Å². The van der Waals surface area contributed by atoms with Crippen molar-refractivity contribution in [2.24, 2.45) is 0 Å². The monoisotopic (exact) mass is 248 g/mol. The van der Waals surface area contributed by atoms with Crippen molar-refractivity contribution in [3.63, 3.8) is 0 Å². The van der Waals surface area contributed by atoms with Crippen molar-refractivity contribution in [1.29, 1.82) is 0 Å². The molecule has 1 fully saturated rings. The van der Waals surface area contributed by atoms with Crippen LogP contribution in [0.5, 0.6) is 11.5 Å². The Hall–Kier alpha value is -1.26. The molecule has 3 rings (SSSR count). The summed E-state index contributed by atoms with van der Waals surface area (Å²) in [5.74, 6) is 1.78. The van der Waals surface area contributed by atoms with E-state index in [4.69, 9.17) is 9.47 Å². The molecule has 1 aromatic rings. The van der Waals surface area contributed by atoms with Gasteiger partial charge < -0.3 is 19.7 Å². The van der Waals surface area contributed by atoms with E-state index in [0.717, 1.165) is 31.1 Å². The summed E-state index contributed by atoms with van der Waals surface area (Å²) in [7, 11) is 0. The standard InChI is InChI=1S/C14H20N2O2/c1-2-8-16(7-1)9-6-15-10-12-4-3-5-13-14(12)18-11-17-13/h3-5,15H,1-2,6-11H2. The zero-order valence-electron chi connectivity index (χ0n) is 10.7. The molecule has 1 N–H and O–H groups in total. The highest BCUT2D eigenvalue weighted by molar-refractivity contribution is 5.48. The van der Waals surface area contributed by atoms with Crippen LogP contribution < -0.4 is 14.8 Å². The maximum Gasteiger partial charge on any atom is 0.231 e. The predicted octanol–water partition coefficient (Wildman–Crippen LogP) is 1.60. The third-order valence-electron chi connectivity index (χ3n) is 3.60. The summed E-state index contributed by atoms with van der Waals surface area (Å²) < 4.78 is 10.9. The number of rotatable bonds is 5. The zero-order chi connectivity index (χ0) is 12.2. The van der Waals surface area contributed by atoms with Gasteiger partial charge in [0.25, 0.3) is 0 Å². The SMILES string of the molecule is c1cc(CNCCN2CCCC2)c2c(c1)OCO2. The summed E-state index contributed by atoms with van der Waals surface area (Å²) >= 11 is 0. The smallest absolute Gasteiger partial charge is 0.231 e. The Balaban J connectivity index is 1.47. The second-order valence-corrected chi connectivity index (χ2v) is 4.88. The third kappa shape index (κ3) is 2.60. The van der Waals surface area contributed by atoms with E-state index in [1.54, 1.807) is 0 Å². The van der Waals surface area contributed by atoms with Gasteiger partial charge in [-0.1, -0.05) is 12.1 Å². The molecule has 98 valence electrons. The molecule has 0 atom stereocenters. The van der Waals surface area contributed by atoms with Gasteiger partial charge in [-0.05, 0) is 32.0 Å². The number of fused-ring (bicyclic) bond motifs is 1. The second-order valence-electron chi connectivity index (χ2n) is 4.88. The molecular formula is C14H20N2O2. The van der Waals surface area contributed by atoms with E-state index in [-0.39, 0.29) is 0 Å². The van der Waals surface area contributed by atoms with Crippen molar-refractivity contribution in [2.45, 2.75) is 19.4 Å². The summed E-state index contributed by atoms with van der Waals surface area (Å²) in [6.45, 7) is 5.90. The molecule has 4 heteroatoms. The average Bonchev–Trinajstić information content (AvgIpc) is 3.05. The number of para-hydroxylation sites is 1. The summed E-state index contributed by atoms with van der Waals surface area (Å²) in [6.07, 6.45) is 2.72. The fourth-order valence-corrected chi connectivity index (χ4v) is 2.60. The molecule has 0 aromatic heterocycles. The Kier molecular flexibility index (Phi) is 3.67. The van der Waals surface area contributed by atoms with Gasteiger partial charge in [-0.2, -0.15) is 0 Å². The van der Waals surface area contributed by atoms with E-state index in [0.29, 0.717) is 6.79 Å². The topological polar surface area (TPSA) is 33.7 Å². The van der Waals surface area contributed by atoms with Crippen LogP contribution >= 0.6 is 0 Å². The van der Waals surface area contributed by atoms with Crippen LogP contribution in [0.15, 0.2) is 18.2 Å². The number of ether oxygens (including phenoxy) is 2. The Morgan fingerprint density at radius 3 is 2.94 bits per heavy atom. The van der Waals surface area contributed by atoms with Crippen molar-refractivity contribution >= 4 is 0 Å². The molecule has 1 aromatic carbocycles. The molecule has 18 heavy (non-hydrogen) atoms. The molecule has 0 radical (unpaired) electrons. The lowest BCUT2D eigenvalue weighted by Crippen LogP contribution is -2.29. The molecule has 0 bridgehead atoms. The van der Waals surface area contributed by atoms with E-state index in [2.05, 4.69) is 16.3 Å². The highest BCUT2D eigenvalue weighted by Gasteiger charge is 2.16. The quantitative estimate of drug-likeness (QED) is 0.803. The van der Waals surface area contributed by atoms with Crippen molar-refractivity contribution in [3.05, 3.63) is 23.8 Å². The van der Waals surface area contributed by atoms with Gasteiger partial charge in [0.1, 0.15) is 0 Å². The van der Waals surface area contributed by atoms with Crippen LogP contribution in [0.3, 0.4) is 0 Å². The molecule has 1 saturated heterocycles. The molecule has 0 amide bonds. The minimum Gasteiger partial charge on any atom is -0.454 e. The van der Waals surface area contributed by atoms with Crippen LogP contribution in [0.2, 0.25) is 0 Å². The minimum absolute atomic E-state index is 0.347. The molecule has 4 nitrogen and oxygen atoms in total. The summed E-state index contributed by atoms with van der Waals surface area (Å²) in [5, 5.41) is 3.48. The molecule has 0 saturated carbocycles. The second kappa shape index (κ2) is 5.59. The van der Waals surface area contributed by atoms with Crippen LogP contribution in [0.1, 0.15) is 18.4 Å². The Morgan fingerprint density at radius 1 is 1.17 bits per heavy atom. The maximum atomic E-state index is 5.49. The molecule has 0 unspecified atom stereocenters. The van der Waals surface area contributed by atoms with Gasteiger partial charge in [0, 0.05) is 25.2 Å². The van der Waals surface area contributed by atoms with Crippen LogP contribution in [-0.4, -0.2) is 37.9 Å².